The van der Waals surface area contributed by atoms with Gasteiger partial charge in [0, 0.05) is 6.42 Å². The van der Waals surface area contributed by atoms with Crippen LogP contribution in [0.3, 0.4) is 0 Å². The zero-order chi connectivity index (χ0) is 30.5. The number of nitrogens with zero attached hydrogens (tertiary/aromatic N) is 2. The largest absolute Gasteiger partial charge is 0.261 e. The minimum absolute atomic E-state index is 1.17. The Balaban J connectivity index is 1.57. The Hall–Kier alpha value is -1.57. The van der Waals surface area contributed by atoms with Crippen molar-refractivity contribution in [1.29, 1.82) is 0 Å². The van der Waals surface area contributed by atoms with Crippen LogP contribution in [0.5, 0.6) is 0 Å². The molecule has 0 radical (unpaired) electrons. The molecule has 2 rings (SSSR count). The van der Waals surface area contributed by atoms with E-state index < -0.39 is 0 Å². The van der Waals surface area contributed by atoms with E-state index >= 15 is 0 Å². The van der Waals surface area contributed by atoms with Crippen LogP contribution < -0.4 is 4.57 Å². The van der Waals surface area contributed by atoms with Crippen molar-refractivity contribution in [2.45, 2.75) is 207 Å². The molecule has 0 amide bonds. The van der Waals surface area contributed by atoms with Crippen LogP contribution in [0, 0.1) is 0 Å². The van der Waals surface area contributed by atoms with Crippen LogP contribution in [0.4, 0.5) is 0 Å². The molecule has 43 heavy (non-hydrogen) atoms. The molecule has 0 unspecified atom stereocenters. The predicted octanol–water partition coefficient (Wildman–Crippen LogP) is 13.3. The van der Waals surface area contributed by atoms with E-state index in [0.29, 0.717) is 0 Å². The van der Waals surface area contributed by atoms with Gasteiger partial charge in [-0.15, -0.1) is 0 Å². The minimum atomic E-state index is 1.17. The van der Waals surface area contributed by atoms with Gasteiger partial charge in [-0.2, -0.15) is 4.57 Å². The van der Waals surface area contributed by atoms with Gasteiger partial charge in [0.05, 0.1) is 6.54 Å². The van der Waals surface area contributed by atoms with Crippen LogP contribution in [-0.4, -0.2) is 4.57 Å². The molecule has 2 aromatic rings. The van der Waals surface area contributed by atoms with Crippen LogP contribution in [0.15, 0.2) is 42.7 Å². The third-order valence-electron chi connectivity index (χ3n) is 9.55. The first kappa shape index (κ1) is 37.6. The fraction of sp³-hybridized carbons (Fsp3) is 0.780. The van der Waals surface area contributed by atoms with Crippen LogP contribution >= 0.6 is 0 Å². The van der Waals surface area contributed by atoms with Gasteiger partial charge >= 0.3 is 0 Å². The number of para-hydroxylation sites is 1. The molecule has 0 saturated carbocycles. The lowest BCUT2D eigenvalue weighted by atomic mass is 10.0. The van der Waals surface area contributed by atoms with Crippen LogP contribution in [0.2, 0.25) is 0 Å². The van der Waals surface area contributed by atoms with E-state index in [4.69, 9.17) is 0 Å². The van der Waals surface area contributed by atoms with Crippen molar-refractivity contribution in [2.24, 2.45) is 0 Å². The second-order valence-corrected chi connectivity index (χ2v) is 13.6. The molecule has 0 aliphatic carbocycles. The van der Waals surface area contributed by atoms with E-state index in [1.165, 1.54) is 204 Å². The maximum atomic E-state index is 2.57. The van der Waals surface area contributed by atoms with E-state index in [2.05, 4.69) is 65.7 Å². The number of imidazole rings is 1. The van der Waals surface area contributed by atoms with Gasteiger partial charge in [-0.05, 0) is 31.4 Å². The summed E-state index contributed by atoms with van der Waals surface area (Å²) in [6.45, 7) is 5.78. The van der Waals surface area contributed by atoms with E-state index in [1.807, 2.05) is 0 Å². The first-order valence-electron chi connectivity index (χ1n) is 19.5. The molecule has 0 fully saturated rings. The molecule has 0 aliphatic heterocycles. The zero-order valence-electron chi connectivity index (χ0n) is 29.1. The lowest BCUT2D eigenvalue weighted by molar-refractivity contribution is -0.704. The van der Waals surface area contributed by atoms with Crippen molar-refractivity contribution in [3.63, 3.8) is 0 Å². The number of rotatable bonds is 31. The summed E-state index contributed by atoms with van der Waals surface area (Å²) in [5.74, 6) is 1.50. The van der Waals surface area contributed by atoms with Gasteiger partial charge in [0.1, 0.15) is 18.1 Å². The molecule has 0 aliphatic rings. The third kappa shape index (κ3) is 19.4. The third-order valence-corrected chi connectivity index (χ3v) is 9.55. The smallest absolute Gasteiger partial charge is 0.234 e. The Morgan fingerprint density at radius 2 is 0.814 bits per heavy atom. The number of hydrogen-bond donors (Lipinski definition) is 0. The van der Waals surface area contributed by atoms with Crippen molar-refractivity contribution in [3.05, 3.63) is 48.5 Å². The lowest BCUT2D eigenvalue weighted by Gasteiger charge is -2.07. The molecule has 2 nitrogen and oxygen atoms in total. The molecular formula is C41H73N2+. The molecule has 1 heterocycles. The number of hydrogen-bond acceptors (Lipinski definition) is 0. The first-order valence-corrected chi connectivity index (χ1v) is 19.5. The number of aryl methyl sites for hydroxylation is 1. The molecule has 2 heteroatoms. The second-order valence-electron chi connectivity index (χ2n) is 13.6. The molecule has 1 aromatic carbocycles. The summed E-state index contributed by atoms with van der Waals surface area (Å²) in [7, 11) is 0. The molecule has 0 spiro atoms. The van der Waals surface area contributed by atoms with Gasteiger partial charge in [0.15, 0.2) is 0 Å². The van der Waals surface area contributed by atoms with Crippen molar-refractivity contribution < 1.29 is 4.57 Å². The van der Waals surface area contributed by atoms with Gasteiger partial charge in [0.25, 0.3) is 5.82 Å². The highest BCUT2D eigenvalue weighted by Crippen LogP contribution is 2.17. The SMILES string of the molecule is CCCCCCCCCCCCCCCCc1n(-c2ccccc2)cc[n+]1CCCCCCCCCCCCCCCC. The highest BCUT2D eigenvalue weighted by molar-refractivity contribution is 5.31. The summed E-state index contributed by atoms with van der Waals surface area (Å²) in [5.41, 5.74) is 1.31. The number of aromatic nitrogens is 2. The number of unbranched alkanes of at least 4 members (excludes halogenated alkanes) is 26. The van der Waals surface area contributed by atoms with Gasteiger partial charge in [-0.1, -0.05) is 193 Å². The standard InChI is InChI=1S/C41H73N2/c1-3-5-7-9-11-13-15-17-19-21-23-25-27-32-36-41-42(38-39-43(41)40-34-30-29-31-35-40)37-33-28-26-24-22-20-18-16-14-12-10-8-6-4-2/h29-31,34-35,38-39H,3-28,32-33,36-37H2,1-2H3/q+1. The van der Waals surface area contributed by atoms with Gasteiger partial charge < -0.3 is 0 Å². The monoisotopic (exact) mass is 594 g/mol. The van der Waals surface area contributed by atoms with E-state index in [1.54, 1.807) is 0 Å². The molecular weight excluding hydrogens is 520 g/mol. The summed E-state index contributed by atoms with van der Waals surface area (Å²) < 4.78 is 5.02. The summed E-state index contributed by atoms with van der Waals surface area (Å²) >= 11 is 0. The molecule has 246 valence electrons. The summed E-state index contributed by atoms with van der Waals surface area (Å²) in [4.78, 5) is 0. The van der Waals surface area contributed by atoms with Crippen molar-refractivity contribution >= 4 is 0 Å². The van der Waals surface area contributed by atoms with Crippen molar-refractivity contribution in [1.82, 2.24) is 4.57 Å². The Morgan fingerprint density at radius 3 is 1.23 bits per heavy atom. The van der Waals surface area contributed by atoms with Crippen molar-refractivity contribution in [3.8, 4) is 5.69 Å². The predicted molar refractivity (Wildman–Crippen MR) is 190 cm³/mol. The molecule has 0 N–H and O–H groups in total. The topological polar surface area (TPSA) is 8.81 Å². The Labute approximate surface area is 269 Å². The first-order chi connectivity index (χ1) is 21.4. The minimum Gasteiger partial charge on any atom is -0.234 e. The van der Waals surface area contributed by atoms with Gasteiger partial charge in [-0.25, -0.2) is 4.57 Å². The van der Waals surface area contributed by atoms with E-state index in [-0.39, 0.29) is 0 Å². The van der Waals surface area contributed by atoms with Crippen LogP contribution in [0.25, 0.3) is 5.69 Å². The van der Waals surface area contributed by atoms with E-state index in [0.717, 1.165) is 0 Å². The Bertz CT molecular complexity index is 839. The van der Waals surface area contributed by atoms with Gasteiger partial charge in [-0.3, -0.25) is 0 Å². The summed E-state index contributed by atoms with van der Waals surface area (Å²) in [6, 6.07) is 11.0. The highest BCUT2D eigenvalue weighted by atomic mass is 15.1. The Morgan fingerprint density at radius 1 is 0.442 bits per heavy atom. The van der Waals surface area contributed by atoms with Crippen molar-refractivity contribution in [2.75, 3.05) is 0 Å². The van der Waals surface area contributed by atoms with Gasteiger partial charge in [0.2, 0.25) is 0 Å². The van der Waals surface area contributed by atoms with Crippen LogP contribution in [0.1, 0.15) is 199 Å². The highest BCUT2D eigenvalue weighted by Gasteiger charge is 2.18. The fourth-order valence-corrected chi connectivity index (χ4v) is 6.70. The Kier molecular flexibility index (Phi) is 24.4. The number of benzene rings is 1. The second kappa shape index (κ2) is 27.9. The normalized spacial score (nSPS) is 11.5. The molecule has 1 aromatic heterocycles. The average Bonchev–Trinajstić information content (AvgIpc) is 3.44. The van der Waals surface area contributed by atoms with E-state index in [9.17, 15) is 0 Å². The maximum absolute atomic E-state index is 2.57. The lowest BCUT2D eigenvalue weighted by Crippen LogP contribution is -2.37. The quantitative estimate of drug-likeness (QED) is 0.0607. The van der Waals surface area contributed by atoms with Crippen LogP contribution in [-0.2, 0) is 13.0 Å². The fourth-order valence-electron chi connectivity index (χ4n) is 6.70. The average molecular weight is 594 g/mol. The molecule has 0 bridgehead atoms. The summed E-state index contributed by atoms with van der Waals surface area (Å²) in [6.07, 6.45) is 45.7. The summed E-state index contributed by atoms with van der Waals surface area (Å²) in [5, 5.41) is 0. The molecule has 0 saturated heterocycles. The molecule has 0 atom stereocenters. The maximum Gasteiger partial charge on any atom is 0.261 e. The zero-order valence-corrected chi connectivity index (χ0v) is 29.1.